The molecule has 0 spiro atoms. The second kappa shape index (κ2) is 4.23. The molecule has 1 aliphatic rings. The van der Waals surface area contributed by atoms with Gasteiger partial charge in [0.25, 0.3) is 0 Å². The maximum atomic E-state index is 6.16. The summed E-state index contributed by atoms with van der Waals surface area (Å²) in [4.78, 5) is 0. The molecule has 1 atom stereocenters. The monoisotopic (exact) mass is 205 g/mol. The summed E-state index contributed by atoms with van der Waals surface area (Å²) in [6.07, 6.45) is 3.86. The van der Waals surface area contributed by atoms with Crippen molar-refractivity contribution < 1.29 is 4.74 Å². The van der Waals surface area contributed by atoms with Crippen LogP contribution in [-0.2, 0) is 0 Å². The van der Waals surface area contributed by atoms with Gasteiger partial charge in [-0.25, -0.2) is 0 Å². The fourth-order valence-electron chi connectivity index (χ4n) is 1.98. The van der Waals surface area contributed by atoms with Crippen LogP contribution in [0.2, 0.25) is 0 Å². The Labute approximate surface area is 91.4 Å². The predicted molar refractivity (Wildman–Crippen MR) is 62.0 cm³/mol. The van der Waals surface area contributed by atoms with Gasteiger partial charge in [0.15, 0.2) is 0 Å². The van der Waals surface area contributed by atoms with Gasteiger partial charge in [0.2, 0.25) is 0 Å². The number of nitrogens with two attached hydrogens (primary N) is 1. The van der Waals surface area contributed by atoms with E-state index < -0.39 is 0 Å². The summed E-state index contributed by atoms with van der Waals surface area (Å²) in [5, 5.41) is 0. The van der Waals surface area contributed by atoms with Crippen molar-refractivity contribution in [1.82, 2.24) is 0 Å². The summed E-state index contributed by atoms with van der Waals surface area (Å²) in [6, 6.07) is 6.43. The van der Waals surface area contributed by atoms with Crippen LogP contribution in [-0.4, -0.2) is 7.11 Å². The second-order valence-corrected chi connectivity index (χ2v) is 4.51. The fourth-order valence-corrected chi connectivity index (χ4v) is 1.98. The molecule has 1 aromatic carbocycles. The van der Waals surface area contributed by atoms with Crippen LogP contribution in [0.5, 0.6) is 5.75 Å². The topological polar surface area (TPSA) is 35.2 Å². The Bertz CT molecular complexity index is 344. The number of aryl methyl sites for hydroxylation is 1. The lowest BCUT2D eigenvalue weighted by molar-refractivity contribution is 0.411. The van der Waals surface area contributed by atoms with Crippen molar-refractivity contribution in [3.05, 3.63) is 29.3 Å². The quantitative estimate of drug-likeness (QED) is 0.820. The summed E-state index contributed by atoms with van der Waals surface area (Å²) in [7, 11) is 1.70. The summed E-state index contributed by atoms with van der Waals surface area (Å²) < 4.78 is 5.23. The highest BCUT2D eigenvalue weighted by Gasteiger charge is 2.24. The van der Waals surface area contributed by atoms with Crippen LogP contribution >= 0.6 is 0 Å². The Kier molecular flexibility index (Phi) is 2.96. The second-order valence-electron chi connectivity index (χ2n) is 4.51. The highest BCUT2D eigenvalue weighted by atomic mass is 16.5. The standard InChI is InChI=1S/C13H19NO/c1-9-7-11(5-6-13(9)15-2)12(14)8-10-3-4-10/h5-7,10,12H,3-4,8,14H2,1-2H3. The van der Waals surface area contributed by atoms with Crippen molar-refractivity contribution in [2.75, 3.05) is 7.11 Å². The third kappa shape index (κ3) is 2.51. The molecule has 2 nitrogen and oxygen atoms in total. The largest absolute Gasteiger partial charge is 0.496 e. The number of methoxy groups -OCH3 is 1. The van der Waals surface area contributed by atoms with E-state index in [1.54, 1.807) is 7.11 Å². The first-order valence-corrected chi connectivity index (χ1v) is 5.61. The van der Waals surface area contributed by atoms with Gasteiger partial charge >= 0.3 is 0 Å². The zero-order valence-corrected chi connectivity index (χ0v) is 9.49. The molecule has 2 N–H and O–H groups in total. The molecule has 0 heterocycles. The normalized spacial score (nSPS) is 17.5. The van der Waals surface area contributed by atoms with Crippen molar-refractivity contribution in [1.29, 1.82) is 0 Å². The average molecular weight is 205 g/mol. The van der Waals surface area contributed by atoms with Gasteiger partial charge < -0.3 is 10.5 Å². The summed E-state index contributed by atoms with van der Waals surface area (Å²) >= 11 is 0. The minimum Gasteiger partial charge on any atom is -0.496 e. The van der Waals surface area contributed by atoms with Gasteiger partial charge in [0.1, 0.15) is 5.75 Å². The van der Waals surface area contributed by atoms with Crippen LogP contribution in [0.3, 0.4) is 0 Å². The number of ether oxygens (including phenoxy) is 1. The Morgan fingerprint density at radius 3 is 2.73 bits per heavy atom. The molecule has 2 heteroatoms. The molecule has 0 saturated heterocycles. The third-order valence-electron chi connectivity index (χ3n) is 3.13. The number of hydrogen-bond donors (Lipinski definition) is 1. The Hall–Kier alpha value is -1.02. The summed E-state index contributed by atoms with van der Waals surface area (Å²) in [5.74, 6) is 1.82. The molecule has 82 valence electrons. The molecule has 0 amide bonds. The van der Waals surface area contributed by atoms with Crippen molar-refractivity contribution >= 4 is 0 Å². The van der Waals surface area contributed by atoms with E-state index in [-0.39, 0.29) is 6.04 Å². The number of rotatable bonds is 4. The van der Waals surface area contributed by atoms with Gasteiger partial charge in [-0.1, -0.05) is 25.0 Å². The molecule has 1 aliphatic carbocycles. The van der Waals surface area contributed by atoms with Gasteiger partial charge in [-0.15, -0.1) is 0 Å². The van der Waals surface area contributed by atoms with Crippen LogP contribution < -0.4 is 10.5 Å². The van der Waals surface area contributed by atoms with Crippen LogP contribution in [0.25, 0.3) is 0 Å². The third-order valence-corrected chi connectivity index (χ3v) is 3.13. The van der Waals surface area contributed by atoms with E-state index in [2.05, 4.69) is 19.1 Å². The zero-order valence-electron chi connectivity index (χ0n) is 9.49. The minimum atomic E-state index is 0.196. The first-order chi connectivity index (χ1) is 7.20. The van der Waals surface area contributed by atoms with Gasteiger partial charge in [0.05, 0.1) is 7.11 Å². The number of hydrogen-bond acceptors (Lipinski definition) is 2. The molecule has 0 bridgehead atoms. The fraction of sp³-hybridized carbons (Fsp3) is 0.538. The first-order valence-electron chi connectivity index (χ1n) is 5.61. The van der Waals surface area contributed by atoms with Crippen LogP contribution in [0.15, 0.2) is 18.2 Å². The predicted octanol–water partition coefficient (Wildman–Crippen LogP) is 2.80. The zero-order chi connectivity index (χ0) is 10.8. The van der Waals surface area contributed by atoms with Crippen LogP contribution in [0.4, 0.5) is 0 Å². The molecule has 2 rings (SSSR count). The van der Waals surface area contributed by atoms with Crippen molar-refractivity contribution in [3.63, 3.8) is 0 Å². The SMILES string of the molecule is COc1ccc(C(N)CC2CC2)cc1C. The Morgan fingerprint density at radius 2 is 2.20 bits per heavy atom. The van der Waals surface area contributed by atoms with Crippen molar-refractivity contribution in [2.24, 2.45) is 11.7 Å². The molecular formula is C13H19NO. The van der Waals surface area contributed by atoms with E-state index in [9.17, 15) is 0 Å². The van der Waals surface area contributed by atoms with Gasteiger partial charge in [-0.05, 0) is 36.5 Å². The molecule has 1 unspecified atom stereocenters. The lowest BCUT2D eigenvalue weighted by Gasteiger charge is -2.13. The van der Waals surface area contributed by atoms with Gasteiger partial charge in [0, 0.05) is 6.04 Å². The Morgan fingerprint density at radius 1 is 1.47 bits per heavy atom. The molecule has 1 fully saturated rings. The van der Waals surface area contributed by atoms with Crippen molar-refractivity contribution in [2.45, 2.75) is 32.2 Å². The van der Waals surface area contributed by atoms with E-state index in [0.717, 1.165) is 18.1 Å². The molecule has 1 saturated carbocycles. The molecule has 0 radical (unpaired) electrons. The van der Waals surface area contributed by atoms with E-state index in [1.807, 2.05) is 6.07 Å². The molecular weight excluding hydrogens is 186 g/mol. The van der Waals surface area contributed by atoms with Gasteiger partial charge in [-0.3, -0.25) is 0 Å². The molecule has 0 aliphatic heterocycles. The maximum Gasteiger partial charge on any atom is 0.121 e. The van der Waals surface area contributed by atoms with E-state index in [4.69, 9.17) is 10.5 Å². The Balaban J connectivity index is 2.09. The summed E-state index contributed by atoms with van der Waals surface area (Å²) in [5.41, 5.74) is 8.56. The lowest BCUT2D eigenvalue weighted by Crippen LogP contribution is -2.11. The lowest BCUT2D eigenvalue weighted by atomic mass is 10.00. The van der Waals surface area contributed by atoms with E-state index in [1.165, 1.54) is 24.0 Å². The number of benzene rings is 1. The molecule has 0 aromatic heterocycles. The smallest absolute Gasteiger partial charge is 0.121 e. The van der Waals surface area contributed by atoms with Crippen LogP contribution in [0, 0.1) is 12.8 Å². The van der Waals surface area contributed by atoms with E-state index in [0.29, 0.717) is 0 Å². The van der Waals surface area contributed by atoms with E-state index >= 15 is 0 Å². The maximum absolute atomic E-state index is 6.16. The average Bonchev–Trinajstić information content (AvgIpc) is 3.01. The molecule has 1 aromatic rings. The highest BCUT2D eigenvalue weighted by Crippen LogP contribution is 2.37. The first kappa shape index (κ1) is 10.5. The van der Waals surface area contributed by atoms with Gasteiger partial charge in [-0.2, -0.15) is 0 Å². The molecule has 15 heavy (non-hydrogen) atoms. The minimum absolute atomic E-state index is 0.196. The van der Waals surface area contributed by atoms with Crippen LogP contribution in [0.1, 0.15) is 36.4 Å². The highest BCUT2D eigenvalue weighted by molar-refractivity contribution is 5.37. The summed E-state index contributed by atoms with van der Waals surface area (Å²) in [6.45, 7) is 2.06. The van der Waals surface area contributed by atoms with Crippen molar-refractivity contribution in [3.8, 4) is 5.75 Å².